The second-order valence-corrected chi connectivity index (χ2v) is 3.30. The van der Waals surface area contributed by atoms with Gasteiger partial charge < -0.3 is 5.11 Å². The van der Waals surface area contributed by atoms with Crippen LogP contribution in [0, 0.1) is 11.3 Å². The first-order chi connectivity index (χ1) is 5.50. The van der Waals surface area contributed by atoms with Gasteiger partial charge in [-0.3, -0.25) is 0 Å². The Balaban J connectivity index is -0.000000175. The average molecular weight is 176 g/mol. The summed E-state index contributed by atoms with van der Waals surface area (Å²) in [4.78, 5) is 0. The van der Waals surface area contributed by atoms with E-state index in [2.05, 4.69) is 27.7 Å². The number of aliphatic hydroxyl groups excluding tert-OH is 1. The largest absolute Gasteiger partial charge is 0.396 e. The Bertz CT molecular complexity index is 65.4. The molecule has 78 valence electrons. The summed E-state index contributed by atoms with van der Waals surface area (Å²) in [6.45, 7) is 16.7. The van der Waals surface area contributed by atoms with E-state index in [1.165, 1.54) is 0 Å². The lowest BCUT2D eigenvalue weighted by Crippen LogP contribution is -2.23. The highest BCUT2D eigenvalue weighted by Crippen LogP contribution is 2.24. The minimum absolute atomic E-state index is 0.0972. The number of hydrogen-bond acceptors (Lipinski definition) is 1. The maximum atomic E-state index is 8.76. The highest BCUT2D eigenvalue weighted by molar-refractivity contribution is 4.69. The summed E-state index contributed by atoms with van der Waals surface area (Å²) >= 11 is 0. The third-order valence-corrected chi connectivity index (χ3v) is 1.97. The molecular weight excluding hydrogens is 148 g/mol. The van der Waals surface area contributed by atoms with E-state index in [0.29, 0.717) is 5.92 Å². The van der Waals surface area contributed by atoms with Crippen LogP contribution in [0.25, 0.3) is 0 Å². The van der Waals surface area contributed by atoms with Crippen LogP contribution < -0.4 is 0 Å². The van der Waals surface area contributed by atoms with Gasteiger partial charge in [-0.25, -0.2) is 0 Å². The topological polar surface area (TPSA) is 20.2 Å². The van der Waals surface area contributed by atoms with Gasteiger partial charge >= 0.3 is 0 Å². The Morgan fingerprint density at radius 1 is 1.00 bits per heavy atom. The normalized spacial score (nSPS) is 9.50. The third-order valence-electron chi connectivity index (χ3n) is 1.97. The molecule has 0 atom stereocenters. The molecule has 0 amide bonds. The fraction of sp³-hybridized carbons (Fsp3) is 1.00. The fourth-order valence-corrected chi connectivity index (χ4v) is 0.183. The molecule has 1 nitrogen and oxygen atoms in total. The van der Waals surface area contributed by atoms with E-state index in [4.69, 9.17) is 5.11 Å². The molecule has 0 aromatic carbocycles. The van der Waals surface area contributed by atoms with Crippen molar-refractivity contribution in [3.8, 4) is 0 Å². The summed E-state index contributed by atoms with van der Waals surface area (Å²) in [5, 5.41) is 8.76. The molecule has 0 aromatic rings. The molecule has 0 radical (unpaired) electrons. The average Bonchev–Trinajstić information content (AvgIpc) is 2.11. The smallest absolute Gasteiger partial charge is 0.0484 e. The Morgan fingerprint density at radius 3 is 1.25 bits per heavy atom. The maximum absolute atomic E-state index is 8.76. The van der Waals surface area contributed by atoms with Crippen molar-refractivity contribution in [1.29, 1.82) is 0 Å². The van der Waals surface area contributed by atoms with Crippen LogP contribution in [0.4, 0.5) is 0 Å². The van der Waals surface area contributed by atoms with Crippen LogP contribution in [-0.4, -0.2) is 11.7 Å². The van der Waals surface area contributed by atoms with Gasteiger partial charge in [-0.05, 0) is 11.3 Å². The van der Waals surface area contributed by atoms with Crippen LogP contribution in [0.3, 0.4) is 0 Å². The predicted octanol–water partition coefficient (Wildman–Crippen LogP) is 3.71. The third kappa shape index (κ3) is 9.96. The summed E-state index contributed by atoms with van der Waals surface area (Å²) in [6.07, 6.45) is 0. The monoisotopic (exact) mass is 176 g/mol. The van der Waals surface area contributed by atoms with Crippen LogP contribution in [-0.2, 0) is 0 Å². The molecule has 0 saturated heterocycles. The quantitative estimate of drug-likeness (QED) is 0.680. The summed E-state index contributed by atoms with van der Waals surface area (Å²) in [5.74, 6) is 0.562. The molecule has 1 heteroatoms. The zero-order chi connectivity index (χ0) is 10.8. The number of rotatable bonds is 2. The molecule has 0 aromatic heterocycles. The molecule has 0 unspecified atom stereocenters. The van der Waals surface area contributed by atoms with E-state index in [1.54, 1.807) is 0 Å². The maximum Gasteiger partial charge on any atom is 0.0484 e. The zero-order valence-electron chi connectivity index (χ0n) is 10.2. The van der Waals surface area contributed by atoms with Gasteiger partial charge in [-0.2, -0.15) is 0 Å². The van der Waals surface area contributed by atoms with E-state index in [9.17, 15) is 0 Å². The number of hydrogen-bond donors (Lipinski definition) is 1. The standard InChI is InChI=1S/C7H16O.2C2H6/c1-6(2)7(3,4)5-8;2*1-2/h6,8H,5H2,1-4H3;2*1-2H3. The lowest BCUT2D eigenvalue weighted by molar-refractivity contribution is 0.113. The van der Waals surface area contributed by atoms with Gasteiger partial charge in [0, 0.05) is 6.61 Å². The summed E-state index contributed by atoms with van der Waals surface area (Å²) in [7, 11) is 0. The zero-order valence-corrected chi connectivity index (χ0v) is 10.2. The summed E-state index contributed by atoms with van der Waals surface area (Å²) in [6, 6.07) is 0. The molecule has 0 saturated carbocycles. The second kappa shape index (κ2) is 11.0. The van der Waals surface area contributed by atoms with Gasteiger partial charge in [-0.1, -0.05) is 55.4 Å². The summed E-state index contributed by atoms with van der Waals surface area (Å²) < 4.78 is 0. The molecule has 0 heterocycles. The van der Waals surface area contributed by atoms with Crippen molar-refractivity contribution in [3.05, 3.63) is 0 Å². The molecule has 0 aliphatic rings. The SMILES string of the molecule is CC.CC.CC(C)C(C)(C)CO. The molecule has 0 spiro atoms. The minimum Gasteiger partial charge on any atom is -0.396 e. The number of aliphatic hydroxyl groups is 1. The highest BCUT2D eigenvalue weighted by Gasteiger charge is 2.20. The van der Waals surface area contributed by atoms with E-state index < -0.39 is 0 Å². The van der Waals surface area contributed by atoms with Gasteiger partial charge in [0.25, 0.3) is 0 Å². The predicted molar refractivity (Wildman–Crippen MR) is 58.4 cm³/mol. The lowest BCUT2D eigenvalue weighted by Gasteiger charge is -2.25. The van der Waals surface area contributed by atoms with E-state index >= 15 is 0 Å². The first-order valence-corrected chi connectivity index (χ1v) is 5.11. The Morgan fingerprint density at radius 2 is 1.25 bits per heavy atom. The molecule has 0 fully saturated rings. The van der Waals surface area contributed by atoms with E-state index in [1.807, 2.05) is 27.7 Å². The second-order valence-electron chi connectivity index (χ2n) is 3.30. The van der Waals surface area contributed by atoms with Crippen LogP contribution in [0.2, 0.25) is 0 Å². The molecule has 0 aliphatic carbocycles. The Hall–Kier alpha value is -0.0400. The van der Waals surface area contributed by atoms with Crippen molar-refractivity contribution >= 4 is 0 Å². The Kier molecular flexibility index (Phi) is 16.3. The first-order valence-electron chi connectivity index (χ1n) is 5.11. The van der Waals surface area contributed by atoms with Crippen molar-refractivity contribution in [2.45, 2.75) is 55.4 Å². The van der Waals surface area contributed by atoms with E-state index in [-0.39, 0.29) is 12.0 Å². The van der Waals surface area contributed by atoms with Crippen LogP contribution >= 0.6 is 0 Å². The van der Waals surface area contributed by atoms with Crippen molar-refractivity contribution in [1.82, 2.24) is 0 Å². The van der Waals surface area contributed by atoms with Gasteiger partial charge in [-0.15, -0.1) is 0 Å². The van der Waals surface area contributed by atoms with E-state index in [0.717, 1.165) is 0 Å². The Labute approximate surface area is 79.2 Å². The van der Waals surface area contributed by atoms with Crippen molar-refractivity contribution < 1.29 is 5.11 Å². The molecule has 0 aliphatic heterocycles. The summed E-state index contributed by atoms with van der Waals surface area (Å²) in [5.41, 5.74) is 0.0972. The minimum atomic E-state index is 0.0972. The van der Waals surface area contributed by atoms with Gasteiger partial charge in [0.05, 0.1) is 0 Å². The van der Waals surface area contributed by atoms with Crippen molar-refractivity contribution in [2.75, 3.05) is 6.61 Å². The molecular formula is C11H28O. The lowest BCUT2D eigenvalue weighted by atomic mass is 9.82. The van der Waals surface area contributed by atoms with Crippen molar-refractivity contribution in [2.24, 2.45) is 11.3 Å². The molecule has 12 heavy (non-hydrogen) atoms. The highest BCUT2D eigenvalue weighted by atomic mass is 16.3. The van der Waals surface area contributed by atoms with Crippen LogP contribution in [0.15, 0.2) is 0 Å². The van der Waals surface area contributed by atoms with Crippen LogP contribution in [0.5, 0.6) is 0 Å². The van der Waals surface area contributed by atoms with Gasteiger partial charge in [0.2, 0.25) is 0 Å². The fourth-order valence-electron chi connectivity index (χ4n) is 0.183. The molecule has 0 bridgehead atoms. The van der Waals surface area contributed by atoms with Crippen LogP contribution in [0.1, 0.15) is 55.4 Å². The van der Waals surface area contributed by atoms with Gasteiger partial charge in [0.15, 0.2) is 0 Å². The molecule has 1 N–H and O–H groups in total. The molecule has 0 rings (SSSR count). The first kappa shape index (κ1) is 17.9. The van der Waals surface area contributed by atoms with Gasteiger partial charge in [0.1, 0.15) is 0 Å². The van der Waals surface area contributed by atoms with Crippen molar-refractivity contribution in [3.63, 3.8) is 0 Å².